The van der Waals surface area contributed by atoms with E-state index in [0.717, 1.165) is 5.56 Å². The van der Waals surface area contributed by atoms with Crippen LogP contribution in [0.3, 0.4) is 0 Å². The maximum atomic E-state index is 13.2. The van der Waals surface area contributed by atoms with E-state index in [0.29, 0.717) is 23.5 Å². The second-order valence-corrected chi connectivity index (χ2v) is 4.84. The summed E-state index contributed by atoms with van der Waals surface area (Å²) in [6.07, 6.45) is 0. The molecule has 0 unspecified atom stereocenters. The molecule has 7 heteroatoms. The predicted octanol–water partition coefficient (Wildman–Crippen LogP) is 2.31. The zero-order valence-electron chi connectivity index (χ0n) is 12.3. The minimum atomic E-state index is -0.385. The molecule has 0 aliphatic heterocycles. The van der Waals surface area contributed by atoms with Crippen LogP contribution in [0.4, 0.5) is 4.39 Å². The lowest BCUT2D eigenvalue weighted by molar-refractivity contribution is 0.0600. The standard InChI is InChI=1S/C16H13FN4O2/c1-23-16(22)12-7-5-11(6-8-12)10-21-19-15(18-20-21)13-3-2-4-14(17)9-13/h2-9H,10H2,1H3. The molecule has 116 valence electrons. The Morgan fingerprint density at radius 1 is 1.22 bits per heavy atom. The average molecular weight is 312 g/mol. The molecule has 0 N–H and O–H groups in total. The highest BCUT2D eigenvalue weighted by Gasteiger charge is 2.08. The van der Waals surface area contributed by atoms with Crippen molar-refractivity contribution in [1.29, 1.82) is 0 Å². The normalized spacial score (nSPS) is 10.5. The number of tetrazole rings is 1. The van der Waals surface area contributed by atoms with Crippen LogP contribution in [0, 0.1) is 5.82 Å². The highest BCUT2D eigenvalue weighted by atomic mass is 19.1. The lowest BCUT2D eigenvalue weighted by atomic mass is 10.1. The predicted molar refractivity (Wildman–Crippen MR) is 80.1 cm³/mol. The summed E-state index contributed by atoms with van der Waals surface area (Å²) in [5, 5.41) is 12.1. The molecule has 0 bridgehead atoms. The highest BCUT2D eigenvalue weighted by Crippen LogP contribution is 2.15. The summed E-state index contributed by atoms with van der Waals surface area (Å²) < 4.78 is 17.9. The van der Waals surface area contributed by atoms with Crippen LogP contribution in [-0.4, -0.2) is 33.3 Å². The van der Waals surface area contributed by atoms with E-state index in [1.165, 1.54) is 24.0 Å². The molecule has 0 amide bonds. The molecular formula is C16H13FN4O2. The lowest BCUT2D eigenvalue weighted by Crippen LogP contribution is -2.05. The minimum absolute atomic E-state index is 0.350. The van der Waals surface area contributed by atoms with E-state index in [9.17, 15) is 9.18 Å². The third kappa shape index (κ3) is 3.39. The number of hydrogen-bond donors (Lipinski definition) is 0. The number of halogens is 1. The van der Waals surface area contributed by atoms with Gasteiger partial charge in [0, 0.05) is 5.56 Å². The van der Waals surface area contributed by atoms with Gasteiger partial charge >= 0.3 is 5.97 Å². The fourth-order valence-corrected chi connectivity index (χ4v) is 2.08. The molecule has 0 radical (unpaired) electrons. The van der Waals surface area contributed by atoms with E-state index in [-0.39, 0.29) is 11.8 Å². The molecule has 3 aromatic rings. The van der Waals surface area contributed by atoms with Crippen molar-refractivity contribution >= 4 is 5.97 Å². The van der Waals surface area contributed by atoms with Gasteiger partial charge in [-0.3, -0.25) is 0 Å². The van der Waals surface area contributed by atoms with Crippen molar-refractivity contribution in [2.45, 2.75) is 6.54 Å². The van der Waals surface area contributed by atoms with Gasteiger partial charge < -0.3 is 4.74 Å². The van der Waals surface area contributed by atoms with E-state index < -0.39 is 0 Å². The Morgan fingerprint density at radius 3 is 2.70 bits per heavy atom. The van der Waals surface area contributed by atoms with Crippen molar-refractivity contribution in [1.82, 2.24) is 20.2 Å². The van der Waals surface area contributed by atoms with Gasteiger partial charge in [-0.2, -0.15) is 4.80 Å². The number of rotatable bonds is 4. The van der Waals surface area contributed by atoms with Crippen molar-refractivity contribution < 1.29 is 13.9 Å². The van der Waals surface area contributed by atoms with Crippen LogP contribution in [-0.2, 0) is 11.3 Å². The van der Waals surface area contributed by atoms with Crippen molar-refractivity contribution in [2.75, 3.05) is 7.11 Å². The molecule has 0 atom stereocenters. The summed E-state index contributed by atoms with van der Waals surface area (Å²) >= 11 is 0. The molecule has 0 spiro atoms. The van der Waals surface area contributed by atoms with Crippen LogP contribution < -0.4 is 0 Å². The smallest absolute Gasteiger partial charge is 0.337 e. The van der Waals surface area contributed by atoms with Crippen LogP contribution in [0.5, 0.6) is 0 Å². The average Bonchev–Trinajstić information content (AvgIpc) is 3.03. The molecule has 0 aliphatic carbocycles. The van der Waals surface area contributed by atoms with Crippen LogP contribution in [0.1, 0.15) is 15.9 Å². The van der Waals surface area contributed by atoms with Gasteiger partial charge in [-0.1, -0.05) is 24.3 Å². The number of ether oxygens (including phenoxy) is 1. The van der Waals surface area contributed by atoms with Gasteiger partial charge in [0.05, 0.1) is 19.2 Å². The number of nitrogens with zero attached hydrogens (tertiary/aromatic N) is 4. The van der Waals surface area contributed by atoms with Crippen molar-refractivity contribution in [3.63, 3.8) is 0 Å². The molecule has 1 aromatic heterocycles. The first kappa shape index (κ1) is 14.8. The number of carbonyl (C=O) groups is 1. The second-order valence-electron chi connectivity index (χ2n) is 4.84. The SMILES string of the molecule is COC(=O)c1ccc(Cn2nnc(-c3cccc(F)c3)n2)cc1. The van der Waals surface area contributed by atoms with E-state index in [4.69, 9.17) is 0 Å². The summed E-state index contributed by atoms with van der Waals surface area (Å²) in [6, 6.07) is 12.9. The fourth-order valence-electron chi connectivity index (χ4n) is 2.08. The fraction of sp³-hybridized carbons (Fsp3) is 0.125. The summed E-state index contributed by atoms with van der Waals surface area (Å²) in [6.45, 7) is 0.393. The number of benzene rings is 2. The maximum absolute atomic E-state index is 13.2. The van der Waals surface area contributed by atoms with E-state index in [1.54, 1.807) is 36.4 Å². The van der Waals surface area contributed by atoms with Gasteiger partial charge in [-0.05, 0) is 35.0 Å². The number of esters is 1. The number of carbonyl (C=O) groups excluding carboxylic acids is 1. The molecule has 1 heterocycles. The van der Waals surface area contributed by atoms with E-state index in [2.05, 4.69) is 20.1 Å². The topological polar surface area (TPSA) is 69.9 Å². The third-order valence-electron chi connectivity index (χ3n) is 3.23. The van der Waals surface area contributed by atoms with Crippen LogP contribution in [0.15, 0.2) is 48.5 Å². The maximum Gasteiger partial charge on any atom is 0.337 e. The summed E-state index contributed by atoms with van der Waals surface area (Å²) in [4.78, 5) is 12.8. The van der Waals surface area contributed by atoms with Gasteiger partial charge in [0.2, 0.25) is 5.82 Å². The molecule has 0 saturated carbocycles. The Kier molecular flexibility index (Phi) is 4.09. The molecule has 6 nitrogen and oxygen atoms in total. The van der Waals surface area contributed by atoms with Gasteiger partial charge in [0.15, 0.2) is 0 Å². The van der Waals surface area contributed by atoms with Crippen LogP contribution >= 0.6 is 0 Å². The van der Waals surface area contributed by atoms with Crippen molar-refractivity contribution in [2.24, 2.45) is 0 Å². The first-order valence-corrected chi connectivity index (χ1v) is 6.87. The third-order valence-corrected chi connectivity index (χ3v) is 3.23. The monoisotopic (exact) mass is 312 g/mol. The largest absolute Gasteiger partial charge is 0.465 e. The molecule has 23 heavy (non-hydrogen) atoms. The molecular weight excluding hydrogens is 299 g/mol. The van der Waals surface area contributed by atoms with Crippen molar-refractivity contribution in [3.8, 4) is 11.4 Å². The minimum Gasteiger partial charge on any atom is -0.465 e. The molecule has 0 fully saturated rings. The number of methoxy groups -OCH3 is 1. The molecule has 3 rings (SSSR count). The van der Waals surface area contributed by atoms with Gasteiger partial charge in [0.25, 0.3) is 0 Å². The Balaban J connectivity index is 1.75. The quantitative estimate of drug-likeness (QED) is 0.691. The van der Waals surface area contributed by atoms with Gasteiger partial charge in [0.1, 0.15) is 5.82 Å². The molecule has 2 aromatic carbocycles. The Bertz CT molecular complexity index is 830. The summed E-state index contributed by atoms with van der Waals surface area (Å²) in [5.74, 6) is -0.378. The van der Waals surface area contributed by atoms with E-state index in [1.807, 2.05) is 0 Å². The van der Waals surface area contributed by atoms with Gasteiger partial charge in [-0.25, -0.2) is 9.18 Å². The number of aromatic nitrogens is 4. The van der Waals surface area contributed by atoms with Crippen LogP contribution in [0.2, 0.25) is 0 Å². The van der Waals surface area contributed by atoms with Crippen LogP contribution in [0.25, 0.3) is 11.4 Å². The first-order chi connectivity index (χ1) is 11.2. The Hall–Kier alpha value is -3.09. The van der Waals surface area contributed by atoms with E-state index >= 15 is 0 Å². The first-order valence-electron chi connectivity index (χ1n) is 6.87. The summed E-state index contributed by atoms with van der Waals surface area (Å²) in [7, 11) is 1.34. The van der Waals surface area contributed by atoms with Gasteiger partial charge in [-0.15, -0.1) is 10.2 Å². The van der Waals surface area contributed by atoms with Crippen molar-refractivity contribution in [3.05, 3.63) is 65.5 Å². The zero-order valence-corrected chi connectivity index (χ0v) is 12.3. The number of hydrogen-bond acceptors (Lipinski definition) is 5. The summed E-state index contributed by atoms with van der Waals surface area (Å²) in [5.41, 5.74) is 1.95. The second kappa shape index (κ2) is 6.35. The lowest BCUT2D eigenvalue weighted by Gasteiger charge is -2.02. The zero-order chi connectivity index (χ0) is 16.2. The molecule has 0 saturated heterocycles. The Labute approximate surface area is 131 Å². The highest BCUT2D eigenvalue weighted by molar-refractivity contribution is 5.89. The molecule has 0 aliphatic rings. The Morgan fingerprint density at radius 2 is 2.00 bits per heavy atom.